The minimum atomic E-state index is -3.96. The molecule has 0 atom stereocenters. The lowest BCUT2D eigenvalue weighted by Crippen LogP contribution is -2.41. The van der Waals surface area contributed by atoms with Gasteiger partial charge in [-0.05, 0) is 24.1 Å². The third kappa shape index (κ3) is 4.77. The van der Waals surface area contributed by atoms with Crippen molar-refractivity contribution in [3.05, 3.63) is 29.0 Å². The van der Waals surface area contributed by atoms with Crippen LogP contribution < -0.4 is 10.3 Å². The molecule has 0 bridgehead atoms. The molecule has 0 saturated carbocycles. The Hall–Kier alpha value is -1.18. The third-order valence-electron chi connectivity index (χ3n) is 2.12. The number of hydrogen-bond donors (Lipinski definition) is 2. The van der Waals surface area contributed by atoms with Gasteiger partial charge in [0, 0.05) is 6.42 Å². The van der Waals surface area contributed by atoms with E-state index < -0.39 is 21.7 Å². The molecule has 8 heteroatoms. The fourth-order valence-electron chi connectivity index (χ4n) is 1.25. The molecule has 1 amide bonds. The molecule has 106 valence electrons. The average Bonchev–Trinajstić information content (AvgIpc) is 2.29. The van der Waals surface area contributed by atoms with Crippen molar-refractivity contribution >= 4 is 27.5 Å². The van der Waals surface area contributed by atoms with Crippen LogP contribution in [0.3, 0.4) is 0 Å². The Balaban J connectivity index is 2.76. The Kier molecular flexibility index (Phi) is 5.28. The van der Waals surface area contributed by atoms with Crippen LogP contribution >= 0.6 is 11.6 Å². The normalized spacial score (nSPS) is 11.6. The number of nitrogens with one attached hydrogen (secondary N) is 2. The lowest BCUT2D eigenvalue weighted by molar-refractivity contribution is -0.122. The molecular weight excluding hydrogens is 295 g/mol. The van der Waals surface area contributed by atoms with Crippen molar-refractivity contribution in [2.75, 3.05) is 0 Å². The van der Waals surface area contributed by atoms with E-state index in [1.165, 1.54) is 0 Å². The minimum Gasteiger partial charge on any atom is -0.278 e. The quantitative estimate of drug-likeness (QED) is 0.815. The fourth-order valence-corrected chi connectivity index (χ4v) is 2.38. The Bertz CT molecular complexity index is 575. The van der Waals surface area contributed by atoms with E-state index in [-0.39, 0.29) is 22.3 Å². The van der Waals surface area contributed by atoms with Gasteiger partial charge >= 0.3 is 0 Å². The summed E-state index contributed by atoms with van der Waals surface area (Å²) in [5, 5.41) is -0.309. The van der Waals surface area contributed by atoms with Crippen LogP contribution in [0.5, 0.6) is 0 Å². The lowest BCUT2D eigenvalue weighted by atomic mass is 10.1. The highest BCUT2D eigenvalue weighted by Crippen LogP contribution is 2.18. The van der Waals surface area contributed by atoms with Crippen LogP contribution in [0.1, 0.15) is 20.3 Å². The van der Waals surface area contributed by atoms with Crippen LogP contribution in [0, 0.1) is 11.7 Å². The Morgan fingerprint density at radius 3 is 2.58 bits per heavy atom. The molecule has 0 fully saturated rings. The molecule has 0 unspecified atom stereocenters. The van der Waals surface area contributed by atoms with Crippen molar-refractivity contribution in [1.82, 2.24) is 10.3 Å². The van der Waals surface area contributed by atoms with Crippen molar-refractivity contribution < 1.29 is 17.6 Å². The van der Waals surface area contributed by atoms with Crippen molar-refractivity contribution in [1.29, 1.82) is 0 Å². The predicted octanol–water partition coefficient (Wildman–Crippen LogP) is 1.83. The van der Waals surface area contributed by atoms with Crippen LogP contribution in [0.25, 0.3) is 0 Å². The average molecular weight is 309 g/mol. The summed E-state index contributed by atoms with van der Waals surface area (Å²) in [5.41, 5.74) is 2.07. The van der Waals surface area contributed by atoms with Gasteiger partial charge in [-0.3, -0.25) is 10.2 Å². The molecule has 0 aliphatic rings. The highest BCUT2D eigenvalue weighted by Gasteiger charge is 2.17. The molecule has 2 N–H and O–H groups in total. The molecule has 1 rings (SSSR count). The summed E-state index contributed by atoms with van der Waals surface area (Å²) in [6.07, 6.45) is 0.187. The van der Waals surface area contributed by atoms with Crippen molar-refractivity contribution in [2.45, 2.75) is 25.2 Å². The highest BCUT2D eigenvalue weighted by atomic mass is 35.5. The molecular formula is C11H14ClFN2O3S. The molecule has 0 aliphatic heterocycles. The van der Waals surface area contributed by atoms with Gasteiger partial charge < -0.3 is 0 Å². The zero-order valence-electron chi connectivity index (χ0n) is 10.4. The van der Waals surface area contributed by atoms with Gasteiger partial charge in [0.2, 0.25) is 5.91 Å². The maximum absolute atomic E-state index is 12.9. The Morgan fingerprint density at radius 1 is 1.42 bits per heavy atom. The number of rotatable bonds is 5. The molecule has 0 saturated heterocycles. The van der Waals surface area contributed by atoms with Gasteiger partial charge in [0.25, 0.3) is 10.0 Å². The van der Waals surface area contributed by atoms with E-state index >= 15 is 0 Å². The molecule has 0 radical (unpaired) electrons. The first-order valence-electron chi connectivity index (χ1n) is 5.48. The molecule has 1 aromatic rings. The van der Waals surface area contributed by atoms with E-state index in [0.29, 0.717) is 0 Å². The molecule has 1 aromatic carbocycles. The van der Waals surface area contributed by atoms with Crippen LogP contribution in [0.2, 0.25) is 5.02 Å². The second-order valence-electron chi connectivity index (χ2n) is 4.33. The number of halogens is 2. The van der Waals surface area contributed by atoms with E-state index in [1.54, 1.807) is 0 Å². The van der Waals surface area contributed by atoms with Gasteiger partial charge in [-0.2, -0.15) is 0 Å². The van der Waals surface area contributed by atoms with E-state index in [2.05, 4.69) is 5.43 Å². The van der Waals surface area contributed by atoms with E-state index in [4.69, 9.17) is 11.6 Å². The van der Waals surface area contributed by atoms with Gasteiger partial charge in [0.15, 0.2) is 0 Å². The van der Waals surface area contributed by atoms with E-state index in [1.807, 2.05) is 18.7 Å². The van der Waals surface area contributed by atoms with Crippen LogP contribution in [0.15, 0.2) is 23.1 Å². The van der Waals surface area contributed by atoms with Gasteiger partial charge in [-0.1, -0.05) is 25.4 Å². The second kappa shape index (κ2) is 6.31. The number of amides is 1. The summed E-state index contributed by atoms with van der Waals surface area (Å²) in [7, 11) is -3.96. The molecule has 0 spiro atoms. The number of hydrazine groups is 1. The highest BCUT2D eigenvalue weighted by molar-refractivity contribution is 7.89. The molecule has 0 aliphatic carbocycles. The summed E-state index contributed by atoms with van der Waals surface area (Å²) >= 11 is 5.50. The number of benzene rings is 1. The first-order chi connectivity index (χ1) is 8.72. The topological polar surface area (TPSA) is 75.3 Å². The maximum atomic E-state index is 12.9. The summed E-state index contributed by atoms with van der Waals surface area (Å²) in [4.78, 5) is 13.0. The molecule has 5 nitrogen and oxygen atoms in total. The largest absolute Gasteiger partial charge is 0.278 e. The Morgan fingerprint density at radius 2 is 2.05 bits per heavy atom. The summed E-state index contributed by atoms with van der Waals surface area (Å²) in [6.45, 7) is 3.65. The van der Waals surface area contributed by atoms with Gasteiger partial charge in [-0.25, -0.2) is 12.8 Å². The van der Waals surface area contributed by atoms with Gasteiger partial charge in [0.1, 0.15) is 5.82 Å². The first-order valence-corrected chi connectivity index (χ1v) is 7.34. The first kappa shape index (κ1) is 15.9. The lowest BCUT2D eigenvalue weighted by Gasteiger charge is -2.09. The smallest absolute Gasteiger partial charge is 0.257 e. The SMILES string of the molecule is CC(C)CC(=O)NNS(=O)(=O)c1ccc(F)c(Cl)c1. The standard InChI is InChI=1S/C11H14ClFN2O3S/c1-7(2)5-11(16)14-15-19(17,18)8-3-4-10(13)9(12)6-8/h3-4,6-7,15H,5H2,1-2H3,(H,14,16). The number of hydrogen-bond acceptors (Lipinski definition) is 3. The van der Waals surface area contributed by atoms with Crippen LogP contribution in [-0.2, 0) is 14.8 Å². The van der Waals surface area contributed by atoms with Crippen LogP contribution in [0.4, 0.5) is 4.39 Å². The van der Waals surface area contributed by atoms with E-state index in [0.717, 1.165) is 18.2 Å². The summed E-state index contributed by atoms with van der Waals surface area (Å²) < 4.78 is 36.5. The maximum Gasteiger partial charge on any atom is 0.257 e. The molecule has 0 aromatic heterocycles. The number of carbonyl (C=O) groups is 1. The summed E-state index contributed by atoms with van der Waals surface area (Å²) in [6, 6.07) is 2.96. The van der Waals surface area contributed by atoms with Crippen LogP contribution in [-0.4, -0.2) is 14.3 Å². The van der Waals surface area contributed by atoms with Crippen molar-refractivity contribution in [2.24, 2.45) is 5.92 Å². The van der Waals surface area contributed by atoms with E-state index in [9.17, 15) is 17.6 Å². The Labute approximate surface area is 116 Å². The zero-order chi connectivity index (χ0) is 14.6. The number of carbonyl (C=O) groups excluding carboxylic acids is 1. The van der Waals surface area contributed by atoms with Crippen molar-refractivity contribution in [3.63, 3.8) is 0 Å². The van der Waals surface area contributed by atoms with Crippen molar-refractivity contribution in [3.8, 4) is 0 Å². The molecule has 19 heavy (non-hydrogen) atoms. The molecule has 0 heterocycles. The predicted molar refractivity (Wildman–Crippen MR) is 69.3 cm³/mol. The summed E-state index contributed by atoms with van der Waals surface area (Å²) in [5.74, 6) is -1.07. The third-order valence-corrected chi connectivity index (χ3v) is 3.65. The fraction of sp³-hybridized carbons (Fsp3) is 0.364. The van der Waals surface area contributed by atoms with Gasteiger partial charge in [0.05, 0.1) is 9.92 Å². The zero-order valence-corrected chi connectivity index (χ0v) is 12.0. The van der Waals surface area contributed by atoms with Gasteiger partial charge in [-0.15, -0.1) is 4.83 Å². The minimum absolute atomic E-state index is 0.102. The second-order valence-corrected chi connectivity index (χ2v) is 6.42. The number of sulfonamides is 1. The monoisotopic (exact) mass is 308 g/mol.